The van der Waals surface area contributed by atoms with Crippen LogP contribution in [0.2, 0.25) is 0 Å². The minimum absolute atomic E-state index is 0.117. The average molecular weight is 329 g/mol. The fraction of sp³-hybridized carbons (Fsp3) is 0.176. The Morgan fingerprint density at radius 2 is 2.09 bits per heavy atom. The highest BCUT2D eigenvalue weighted by molar-refractivity contribution is 7.19. The molecule has 5 heteroatoms. The first-order valence-corrected chi connectivity index (χ1v) is 8.65. The van der Waals surface area contributed by atoms with E-state index < -0.39 is 5.97 Å². The van der Waals surface area contributed by atoms with Gasteiger partial charge in [0.15, 0.2) is 0 Å². The number of aryl methyl sites for hydroxylation is 1. The molecule has 0 unspecified atom stereocenters. The first kappa shape index (κ1) is 14.9. The lowest BCUT2D eigenvalue weighted by atomic mass is 10.1. The van der Waals surface area contributed by atoms with Gasteiger partial charge < -0.3 is 5.11 Å². The first-order chi connectivity index (χ1) is 10.6. The fourth-order valence-corrected chi connectivity index (χ4v) is 4.07. The summed E-state index contributed by atoms with van der Waals surface area (Å²) in [7, 11) is 0. The summed E-state index contributed by atoms with van der Waals surface area (Å²) in [5, 5.41) is 12.0. The summed E-state index contributed by atoms with van der Waals surface area (Å²) in [4.78, 5) is 16.8. The number of carboxylic acids is 1. The zero-order valence-corrected chi connectivity index (χ0v) is 13.7. The van der Waals surface area contributed by atoms with Crippen molar-refractivity contribution < 1.29 is 9.90 Å². The smallest absolute Gasteiger partial charge is 0.303 e. The maximum atomic E-state index is 10.9. The van der Waals surface area contributed by atoms with E-state index in [0.29, 0.717) is 6.42 Å². The number of aromatic nitrogens is 1. The van der Waals surface area contributed by atoms with Crippen molar-refractivity contribution in [2.24, 2.45) is 0 Å². The summed E-state index contributed by atoms with van der Waals surface area (Å²) in [5.74, 6) is -0.782. The Morgan fingerprint density at radius 1 is 1.27 bits per heavy atom. The molecule has 0 fully saturated rings. The fourth-order valence-electron chi connectivity index (χ4n) is 2.18. The van der Waals surface area contributed by atoms with Gasteiger partial charge in [-0.3, -0.25) is 4.79 Å². The number of para-hydroxylation sites is 1. The third-order valence-electron chi connectivity index (χ3n) is 3.38. The maximum absolute atomic E-state index is 10.9. The minimum Gasteiger partial charge on any atom is -0.481 e. The van der Waals surface area contributed by atoms with E-state index in [2.05, 4.69) is 24.1 Å². The number of aliphatic carboxylic acids is 1. The molecule has 22 heavy (non-hydrogen) atoms. The number of rotatable bonds is 5. The van der Waals surface area contributed by atoms with Crippen molar-refractivity contribution in [1.29, 1.82) is 0 Å². The van der Waals surface area contributed by atoms with Gasteiger partial charge in [0.2, 0.25) is 0 Å². The third kappa shape index (κ3) is 3.26. The van der Waals surface area contributed by atoms with Crippen LogP contribution in [0.15, 0.2) is 35.7 Å². The highest BCUT2D eigenvalue weighted by Crippen LogP contribution is 2.32. The molecule has 0 saturated carbocycles. The van der Waals surface area contributed by atoms with Gasteiger partial charge in [-0.15, -0.1) is 22.7 Å². The summed E-state index contributed by atoms with van der Waals surface area (Å²) in [6, 6.07) is 10.1. The minimum atomic E-state index is -0.782. The molecule has 2 heterocycles. The van der Waals surface area contributed by atoms with Crippen LogP contribution in [0.5, 0.6) is 0 Å². The molecule has 0 aliphatic carbocycles. The summed E-state index contributed by atoms with van der Waals surface area (Å²) >= 11 is 3.28. The molecule has 112 valence electrons. The van der Waals surface area contributed by atoms with E-state index in [-0.39, 0.29) is 6.42 Å². The monoisotopic (exact) mass is 329 g/mol. The van der Waals surface area contributed by atoms with Gasteiger partial charge in [-0.05, 0) is 54.1 Å². The van der Waals surface area contributed by atoms with Crippen LogP contribution >= 0.6 is 22.7 Å². The van der Waals surface area contributed by atoms with E-state index in [1.165, 1.54) is 10.4 Å². The van der Waals surface area contributed by atoms with Gasteiger partial charge >= 0.3 is 5.97 Å². The Bertz CT molecular complexity index is 812. The Hall–Kier alpha value is -1.98. The van der Waals surface area contributed by atoms with Crippen molar-refractivity contribution >= 4 is 50.5 Å². The van der Waals surface area contributed by atoms with E-state index in [9.17, 15) is 4.79 Å². The molecule has 3 nitrogen and oxygen atoms in total. The lowest BCUT2D eigenvalue weighted by Gasteiger charge is -2.02. The molecule has 0 atom stereocenters. The highest BCUT2D eigenvalue weighted by Gasteiger charge is 2.12. The zero-order valence-electron chi connectivity index (χ0n) is 12.1. The van der Waals surface area contributed by atoms with E-state index in [4.69, 9.17) is 5.11 Å². The molecule has 0 radical (unpaired) electrons. The number of thiazole rings is 1. The molecule has 1 aromatic carbocycles. The molecule has 3 rings (SSSR count). The van der Waals surface area contributed by atoms with Crippen molar-refractivity contribution in [3.05, 3.63) is 51.2 Å². The Labute approximate surface area is 136 Å². The molecule has 0 aliphatic heterocycles. The zero-order chi connectivity index (χ0) is 15.5. The van der Waals surface area contributed by atoms with Crippen molar-refractivity contribution in [3.63, 3.8) is 0 Å². The largest absolute Gasteiger partial charge is 0.481 e. The van der Waals surface area contributed by atoms with Crippen molar-refractivity contribution in [2.75, 3.05) is 0 Å². The molecule has 1 N–H and O–H groups in total. The normalized spacial score (nSPS) is 12.0. The maximum Gasteiger partial charge on any atom is 0.303 e. The lowest BCUT2D eigenvalue weighted by molar-refractivity contribution is -0.136. The number of carbonyl (C=O) groups is 1. The number of fused-ring (bicyclic) bond motifs is 1. The van der Waals surface area contributed by atoms with Gasteiger partial charge in [0.05, 0.1) is 10.2 Å². The van der Waals surface area contributed by atoms with E-state index in [1.807, 2.05) is 29.6 Å². The van der Waals surface area contributed by atoms with Gasteiger partial charge in [-0.2, -0.15) is 0 Å². The Balaban J connectivity index is 2.02. The van der Waals surface area contributed by atoms with Crippen molar-refractivity contribution in [2.45, 2.75) is 19.8 Å². The third-order valence-corrected chi connectivity index (χ3v) is 5.46. The van der Waals surface area contributed by atoms with Gasteiger partial charge in [0, 0.05) is 11.3 Å². The molecule has 0 aliphatic rings. The predicted molar refractivity (Wildman–Crippen MR) is 93.4 cm³/mol. The van der Waals surface area contributed by atoms with Crippen LogP contribution in [-0.4, -0.2) is 16.1 Å². The quantitative estimate of drug-likeness (QED) is 0.711. The molecule has 0 saturated heterocycles. The number of allylic oxidation sites excluding steroid dienone is 1. The number of hydrogen-bond acceptors (Lipinski definition) is 4. The van der Waals surface area contributed by atoms with Crippen LogP contribution in [0.4, 0.5) is 0 Å². The number of nitrogens with zero attached hydrogens (tertiary/aromatic N) is 1. The van der Waals surface area contributed by atoms with Gasteiger partial charge in [0.25, 0.3) is 0 Å². The van der Waals surface area contributed by atoms with Gasteiger partial charge in [-0.1, -0.05) is 12.1 Å². The Morgan fingerprint density at radius 3 is 2.77 bits per heavy atom. The van der Waals surface area contributed by atoms with Gasteiger partial charge in [0.1, 0.15) is 5.01 Å². The molecule has 2 aromatic heterocycles. The van der Waals surface area contributed by atoms with Gasteiger partial charge in [-0.25, -0.2) is 4.98 Å². The second kappa shape index (κ2) is 6.42. The summed E-state index contributed by atoms with van der Waals surface area (Å²) in [6.45, 7) is 2.06. The molecule has 0 bridgehead atoms. The second-order valence-electron chi connectivity index (χ2n) is 5.02. The van der Waals surface area contributed by atoms with Crippen LogP contribution in [0.25, 0.3) is 21.9 Å². The van der Waals surface area contributed by atoms with Crippen molar-refractivity contribution in [1.82, 2.24) is 4.98 Å². The van der Waals surface area contributed by atoms with Crippen molar-refractivity contribution in [3.8, 4) is 0 Å². The lowest BCUT2D eigenvalue weighted by Crippen LogP contribution is -1.95. The SMILES string of the molecule is Cc1ccsc1/C=C(/CCC(=O)O)c1nc2ccccc2s1. The number of benzene rings is 1. The summed E-state index contributed by atoms with van der Waals surface area (Å²) < 4.78 is 1.13. The van der Waals surface area contributed by atoms with Crippen LogP contribution in [0.3, 0.4) is 0 Å². The molecule has 3 aromatic rings. The van der Waals surface area contributed by atoms with E-state index >= 15 is 0 Å². The Kier molecular flexibility index (Phi) is 4.36. The number of carboxylic acid groups (broad SMARTS) is 1. The first-order valence-electron chi connectivity index (χ1n) is 6.96. The average Bonchev–Trinajstić information content (AvgIpc) is 3.09. The van der Waals surface area contributed by atoms with Crippen LogP contribution in [-0.2, 0) is 4.79 Å². The molecule has 0 spiro atoms. The topological polar surface area (TPSA) is 50.2 Å². The van der Waals surface area contributed by atoms with Crippen LogP contribution < -0.4 is 0 Å². The molecular weight excluding hydrogens is 314 g/mol. The summed E-state index contributed by atoms with van der Waals surface area (Å²) in [5.41, 5.74) is 3.17. The molecule has 0 amide bonds. The second-order valence-corrected chi connectivity index (χ2v) is 7.00. The summed E-state index contributed by atoms with van der Waals surface area (Å²) in [6.07, 6.45) is 2.69. The molecular formula is C17H15NO2S2. The number of thiophene rings is 1. The van der Waals surface area contributed by atoms with E-state index in [0.717, 1.165) is 20.8 Å². The standard InChI is InChI=1S/C17H15NO2S2/c1-11-8-9-21-15(11)10-12(6-7-16(19)20)17-18-13-4-2-3-5-14(13)22-17/h2-5,8-10H,6-7H2,1H3,(H,19,20)/b12-10-. The number of hydrogen-bond donors (Lipinski definition) is 1. The van der Waals surface area contributed by atoms with Crippen LogP contribution in [0, 0.1) is 6.92 Å². The van der Waals surface area contributed by atoms with Crippen LogP contribution in [0.1, 0.15) is 28.3 Å². The highest BCUT2D eigenvalue weighted by atomic mass is 32.1. The predicted octanol–water partition coefficient (Wildman–Crippen LogP) is 5.07. The van der Waals surface area contributed by atoms with E-state index in [1.54, 1.807) is 22.7 Å².